The van der Waals surface area contributed by atoms with Crippen LogP contribution >= 0.6 is 23.4 Å². The summed E-state index contributed by atoms with van der Waals surface area (Å²) in [6, 6.07) is 14.1. The van der Waals surface area contributed by atoms with Crippen molar-refractivity contribution in [3.05, 3.63) is 58.6 Å². The third-order valence-corrected chi connectivity index (χ3v) is 7.60. The highest BCUT2D eigenvalue weighted by molar-refractivity contribution is 8.00. The molecule has 2 aromatic heterocycles. The fourth-order valence-electron chi connectivity index (χ4n) is 4.58. The van der Waals surface area contributed by atoms with Crippen molar-refractivity contribution in [1.82, 2.24) is 30.0 Å². The molecule has 1 aliphatic heterocycles. The standard InChI is InChI=1S/C26H29ClN6OS/c1-17-8-9-22-21(14-17)23-24(33(22)16-19-6-5-7-20(27)15-19)29-26(31-30-23)35-18(2)25(34)28-10-13-32-11-3-4-12-32/h5-9,14-15,18H,3-4,10-13,16H2,1-2H3,(H,28,34). The van der Waals surface area contributed by atoms with Crippen LogP contribution in [0.4, 0.5) is 0 Å². The first-order valence-electron chi connectivity index (χ1n) is 12.0. The highest BCUT2D eigenvalue weighted by Crippen LogP contribution is 2.30. The molecule has 7 nitrogen and oxygen atoms in total. The van der Waals surface area contributed by atoms with Crippen molar-refractivity contribution >= 4 is 51.3 Å². The van der Waals surface area contributed by atoms with Gasteiger partial charge in [0.05, 0.1) is 10.8 Å². The summed E-state index contributed by atoms with van der Waals surface area (Å²) in [7, 11) is 0. The number of hydrogen-bond acceptors (Lipinski definition) is 6. The van der Waals surface area contributed by atoms with Gasteiger partial charge in [0, 0.05) is 30.0 Å². The van der Waals surface area contributed by atoms with Crippen LogP contribution in [0.3, 0.4) is 0 Å². The number of aromatic nitrogens is 4. The molecule has 2 aromatic carbocycles. The summed E-state index contributed by atoms with van der Waals surface area (Å²) in [5.41, 5.74) is 4.79. The third kappa shape index (κ3) is 5.44. The molecule has 1 aliphatic rings. The zero-order valence-corrected chi connectivity index (χ0v) is 21.6. The number of nitrogens with one attached hydrogen (secondary N) is 1. The molecule has 1 atom stereocenters. The van der Waals surface area contributed by atoms with Gasteiger partial charge in [0.2, 0.25) is 11.1 Å². The highest BCUT2D eigenvalue weighted by atomic mass is 35.5. The van der Waals surface area contributed by atoms with E-state index in [2.05, 4.69) is 56.2 Å². The van der Waals surface area contributed by atoms with E-state index >= 15 is 0 Å². The Bertz CT molecular complexity index is 1370. The molecule has 0 aliphatic carbocycles. The maximum absolute atomic E-state index is 12.7. The minimum atomic E-state index is -0.319. The second kappa shape index (κ2) is 10.5. The predicted molar refractivity (Wildman–Crippen MR) is 142 cm³/mol. The largest absolute Gasteiger partial charge is 0.354 e. The molecule has 0 bridgehead atoms. The first-order valence-corrected chi connectivity index (χ1v) is 13.3. The van der Waals surface area contributed by atoms with Crippen molar-refractivity contribution in [3.63, 3.8) is 0 Å². The first-order chi connectivity index (χ1) is 17.0. The van der Waals surface area contributed by atoms with E-state index in [1.54, 1.807) is 0 Å². The second-order valence-electron chi connectivity index (χ2n) is 9.10. The van der Waals surface area contributed by atoms with Gasteiger partial charge in [-0.2, -0.15) is 0 Å². The molecule has 4 aromatic rings. The monoisotopic (exact) mass is 508 g/mol. The van der Waals surface area contributed by atoms with Gasteiger partial charge in [0.1, 0.15) is 5.52 Å². The number of hydrogen-bond donors (Lipinski definition) is 1. The average Bonchev–Trinajstić information content (AvgIpc) is 3.45. The third-order valence-electron chi connectivity index (χ3n) is 6.41. The lowest BCUT2D eigenvalue weighted by Crippen LogP contribution is -2.37. The van der Waals surface area contributed by atoms with Crippen LogP contribution in [0, 0.1) is 6.92 Å². The van der Waals surface area contributed by atoms with Crippen LogP contribution in [0.15, 0.2) is 47.6 Å². The minimum Gasteiger partial charge on any atom is -0.354 e. The van der Waals surface area contributed by atoms with E-state index in [0.717, 1.165) is 52.8 Å². The molecular formula is C26H29ClN6OS. The molecule has 1 N–H and O–H groups in total. The van der Waals surface area contributed by atoms with Crippen molar-refractivity contribution in [2.45, 2.75) is 43.6 Å². The molecule has 182 valence electrons. The van der Waals surface area contributed by atoms with Crippen LogP contribution in [0.1, 0.15) is 30.9 Å². The predicted octanol–water partition coefficient (Wildman–Crippen LogP) is 4.68. The van der Waals surface area contributed by atoms with E-state index in [4.69, 9.17) is 16.6 Å². The Morgan fingerprint density at radius 2 is 2.00 bits per heavy atom. The van der Waals surface area contributed by atoms with Crippen molar-refractivity contribution in [1.29, 1.82) is 0 Å². The molecule has 1 unspecified atom stereocenters. The number of thioether (sulfide) groups is 1. The van der Waals surface area contributed by atoms with Gasteiger partial charge in [0.25, 0.3) is 0 Å². The first kappa shape index (κ1) is 24.0. The molecule has 35 heavy (non-hydrogen) atoms. The Hall–Kier alpha value is -2.68. The van der Waals surface area contributed by atoms with Gasteiger partial charge >= 0.3 is 0 Å². The van der Waals surface area contributed by atoms with Crippen molar-refractivity contribution < 1.29 is 4.79 Å². The molecule has 0 radical (unpaired) electrons. The van der Waals surface area contributed by atoms with E-state index in [0.29, 0.717) is 23.3 Å². The molecule has 1 amide bonds. The number of amides is 1. The lowest BCUT2D eigenvalue weighted by molar-refractivity contribution is -0.120. The van der Waals surface area contributed by atoms with E-state index < -0.39 is 0 Å². The van der Waals surface area contributed by atoms with Gasteiger partial charge in [-0.25, -0.2) is 4.98 Å². The van der Waals surface area contributed by atoms with Crippen LogP contribution in [-0.2, 0) is 11.3 Å². The summed E-state index contributed by atoms with van der Waals surface area (Å²) >= 11 is 7.57. The number of fused-ring (bicyclic) bond motifs is 3. The van der Waals surface area contributed by atoms with E-state index in [1.165, 1.54) is 24.6 Å². The van der Waals surface area contributed by atoms with E-state index in [9.17, 15) is 4.79 Å². The Kier molecular flexibility index (Phi) is 7.22. The summed E-state index contributed by atoms with van der Waals surface area (Å²) < 4.78 is 2.15. The van der Waals surface area contributed by atoms with Gasteiger partial charge in [-0.05, 0) is 69.6 Å². The summed E-state index contributed by atoms with van der Waals surface area (Å²) in [5, 5.41) is 13.8. The molecule has 0 spiro atoms. The Morgan fingerprint density at radius 1 is 1.17 bits per heavy atom. The molecule has 3 heterocycles. The minimum absolute atomic E-state index is 0.00649. The number of likely N-dealkylation sites (tertiary alicyclic amines) is 1. The summed E-state index contributed by atoms with van der Waals surface area (Å²) in [6.45, 7) is 8.37. The fraction of sp³-hybridized carbons (Fsp3) is 0.385. The summed E-state index contributed by atoms with van der Waals surface area (Å²) in [6.07, 6.45) is 2.50. The van der Waals surface area contributed by atoms with Crippen LogP contribution in [0.5, 0.6) is 0 Å². The lowest BCUT2D eigenvalue weighted by Gasteiger charge is -2.16. The number of halogens is 1. The van der Waals surface area contributed by atoms with Crippen LogP contribution in [0.25, 0.3) is 22.1 Å². The summed E-state index contributed by atoms with van der Waals surface area (Å²) in [5.74, 6) is -0.00649. The van der Waals surface area contributed by atoms with Gasteiger partial charge < -0.3 is 14.8 Å². The van der Waals surface area contributed by atoms with Crippen LogP contribution in [-0.4, -0.2) is 62.0 Å². The van der Waals surface area contributed by atoms with Crippen molar-refractivity contribution in [2.24, 2.45) is 0 Å². The molecule has 1 saturated heterocycles. The number of nitrogens with zero attached hydrogens (tertiary/aromatic N) is 5. The van der Waals surface area contributed by atoms with E-state index in [-0.39, 0.29) is 11.2 Å². The summed E-state index contributed by atoms with van der Waals surface area (Å²) in [4.78, 5) is 19.9. The number of rotatable bonds is 8. The molecular weight excluding hydrogens is 480 g/mol. The van der Waals surface area contributed by atoms with Gasteiger partial charge in [-0.15, -0.1) is 10.2 Å². The van der Waals surface area contributed by atoms with E-state index in [1.807, 2.05) is 25.1 Å². The Morgan fingerprint density at radius 3 is 2.80 bits per heavy atom. The van der Waals surface area contributed by atoms with Gasteiger partial charge in [-0.1, -0.05) is 47.1 Å². The second-order valence-corrected chi connectivity index (χ2v) is 10.8. The maximum atomic E-state index is 12.7. The smallest absolute Gasteiger partial charge is 0.233 e. The van der Waals surface area contributed by atoms with Crippen LogP contribution < -0.4 is 5.32 Å². The fourth-order valence-corrected chi connectivity index (χ4v) is 5.53. The molecule has 1 fully saturated rings. The van der Waals surface area contributed by atoms with Gasteiger partial charge in [0.15, 0.2) is 5.65 Å². The van der Waals surface area contributed by atoms with Crippen LogP contribution in [0.2, 0.25) is 5.02 Å². The lowest BCUT2D eigenvalue weighted by atomic mass is 10.1. The number of aryl methyl sites for hydroxylation is 1. The zero-order valence-electron chi connectivity index (χ0n) is 20.0. The molecule has 9 heteroatoms. The number of carbonyl (C=O) groups excluding carboxylic acids is 1. The SMILES string of the molecule is Cc1ccc2c(c1)c1nnc(SC(C)C(=O)NCCN3CCCC3)nc1n2Cc1cccc(Cl)c1. The number of carbonyl (C=O) groups is 1. The maximum Gasteiger partial charge on any atom is 0.233 e. The zero-order chi connectivity index (χ0) is 24.4. The molecule has 5 rings (SSSR count). The topological polar surface area (TPSA) is 75.9 Å². The van der Waals surface area contributed by atoms with Crippen molar-refractivity contribution in [2.75, 3.05) is 26.2 Å². The quantitative estimate of drug-likeness (QED) is 0.348. The Balaban J connectivity index is 1.39. The molecule has 0 saturated carbocycles. The number of benzene rings is 2. The van der Waals surface area contributed by atoms with Crippen molar-refractivity contribution in [3.8, 4) is 0 Å². The Labute approximate surface area is 214 Å². The van der Waals surface area contributed by atoms with Gasteiger partial charge in [-0.3, -0.25) is 4.79 Å². The normalized spacial score (nSPS) is 15.2. The highest BCUT2D eigenvalue weighted by Gasteiger charge is 2.20. The average molecular weight is 509 g/mol.